The number of aromatic nitrogens is 2. The number of nitrogens with zero attached hydrogens (tertiary/aromatic N) is 3. The first-order valence-electron chi connectivity index (χ1n) is 9.91. The Kier molecular flexibility index (Phi) is 4.99. The smallest absolute Gasteiger partial charge is 0.273 e. The van der Waals surface area contributed by atoms with Crippen LogP contribution < -0.4 is 0 Å². The number of imidazole rings is 1. The predicted molar refractivity (Wildman–Crippen MR) is 118 cm³/mol. The Morgan fingerprint density at radius 1 is 0.867 bits per heavy atom. The van der Waals surface area contributed by atoms with E-state index in [1.807, 2.05) is 70.1 Å². The predicted octanol–water partition coefficient (Wildman–Crippen LogP) is 4.79. The van der Waals surface area contributed by atoms with Crippen molar-refractivity contribution < 1.29 is 9.53 Å². The number of fused-ring (bicyclic) bond motifs is 1. The molecule has 1 fully saturated rings. The zero-order chi connectivity index (χ0) is 20.5. The third-order valence-electron chi connectivity index (χ3n) is 5.34. The van der Waals surface area contributed by atoms with E-state index in [1.165, 1.54) is 0 Å². The Labute approximate surface area is 179 Å². The summed E-state index contributed by atoms with van der Waals surface area (Å²) in [6, 6.07) is 21.5. The summed E-state index contributed by atoms with van der Waals surface area (Å²) in [5, 5.41) is 0.648. The maximum Gasteiger partial charge on any atom is 0.273 e. The van der Waals surface area contributed by atoms with Crippen LogP contribution in [0.2, 0.25) is 5.02 Å². The molecule has 1 saturated heterocycles. The molecule has 0 radical (unpaired) electrons. The van der Waals surface area contributed by atoms with Crippen molar-refractivity contribution in [2.24, 2.45) is 0 Å². The largest absolute Gasteiger partial charge is 0.378 e. The van der Waals surface area contributed by atoms with Gasteiger partial charge in [-0.05, 0) is 35.4 Å². The fourth-order valence-corrected chi connectivity index (χ4v) is 3.90. The van der Waals surface area contributed by atoms with Crippen LogP contribution in [0.25, 0.3) is 28.0 Å². The van der Waals surface area contributed by atoms with Crippen LogP contribution in [0, 0.1) is 0 Å². The quantitative estimate of drug-likeness (QED) is 0.481. The Morgan fingerprint density at radius 2 is 1.57 bits per heavy atom. The number of hydrogen-bond donors (Lipinski definition) is 0. The summed E-state index contributed by atoms with van der Waals surface area (Å²) in [6.45, 7) is 2.25. The molecule has 150 valence electrons. The first-order valence-corrected chi connectivity index (χ1v) is 10.3. The van der Waals surface area contributed by atoms with Gasteiger partial charge in [0.25, 0.3) is 5.91 Å². The first-order chi connectivity index (χ1) is 14.7. The van der Waals surface area contributed by atoms with E-state index in [0.717, 1.165) is 22.3 Å². The highest BCUT2D eigenvalue weighted by Crippen LogP contribution is 2.29. The number of halogens is 1. The molecule has 0 atom stereocenters. The highest BCUT2D eigenvalue weighted by molar-refractivity contribution is 6.30. The second-order valence-electron chi connectivity index (χ2n) is 7.23. The topological polar surface area (TPSA) is 46.8 Å². The minimum atomic E-state index is -0.0408. The summed E-state index contributed by atoms with van der Waals surface area (Å²) in [5.41, 5.74) is 4.93. The lowest BCUT2D eigenvalue weighted by atomic mass is 10.1. The highest BCUT2D eigenvalue weighted by Gasteiger charge is 2.26. The second kappa shape index (κ2) is 7.94. The first kappa shape index (κ1) is 18.9. The Bertz CT molecular complexity index is 1200. The summed E-state index contributed by atoms with van der Waals surface area (Å²) in [4.78, 5) is 20.2. The summed E-state index contributed by atoms with van der Waals surface area (Å²) in [5.74, 6) is -0.0408. The van der Waals surface area contributed by atoms with E-state index in [9.17, 15) is 4.79 Å². The van der Waals surface area contributed by atoms with Gasteiger partial charge in [-0.3, -0.25) is 9.20 Å². The molecule has 1 aliphatic heterocycles. The molecule has 0 N–H and O–H groups in total. The molecule has 6 heteroatoms. The normalized spacial score (nSPS) is 14.2. The Hall–Kier alpha value is -3.15. The molecule has 2 aromatic heterocycles. The molecule has 2 aromatic carbocycles. The van der Waals surface area contributed by atoms with Crippen LogP contribution in [0.5, 0.6) is 0 Å². The molecule has 30 heavy (non-hydrogen) atoms. The third kappa shape index (κ3) is 3.47. The van der Waals surface area contributed by atoms with E-state index in [4.69, 9.17) is 21.3 Å². The number of rotatable bonds is 3. The number of morpholine rings is 1. The maximum atomic E-state index is 13.6. The fourth-order valence-electron chi connectivity index (χ4n) is 3.78. The number of amides is 1. The minimum Gasteiger partial charge on any atom is -0.378 e. The third-order valence-corrected chi connectivity index (χ3v) is 5.60. The van der Waals surface area contributed by atoms with Crippen molar-refractivity contribution in [1.29, 1.82) is 0 Å². The van der Waals surface area contributed by atoms with Crippen LogP contribution in [0.1, 0.15) is 10.5 Å². The van der Waals surface area contributed by atoms with Crippen molar-refractivity contribution in [3.05, 3.63) is 83.6 Å². The van der Waals surface area contributed by atoms with Gasteiger partial charge in [-0.1, -0.05) is 54.1 Å². The average molecular weight is 418 g/mol. The number of ether oxygens (including phenoxy) is 1. The molecule has 0 aliphatic carbocycles. The van der Waals surface area contributed by atoms with Gasteiger partial charge in [-0.15, -0.1) is 0 Å². The van der Waals surface area contributed by atoms with Crippen LogP contribution in [-0.4, -0.2) is 46.5 Å². The molecular formula is C24H20ClN3O2. The molecule has 5 rings (SSSR count). The van der Waals surface area contributed by atoms with Gasteiger partial charge in [-0.2, -0.15) is 0 Å². The SMILES string of the molecule is O=C(c1c(-c2ccc(Cl)cc2)nc2ccc(-c3ccccc3)cn12)N1CCOCC1. The summed E-state index contributed by atoms with van der Waals surface area (Å²) in [6.07, 6.45) is 1.99. The molecule has 1 aliphatic rings. The number of pyridine rings is 1. The summed E-state index contributed by atoms with van der Waals surface area (Å²) < 4.78 is 7.34. The molecule has 3 heterocycles. The van der Waals surface area contributed by atoms with Crippen molar-refractivity contribution in [2.45, 2.75) is 0 Å². The fraction of sp³-hybridized carbons (Fsp3) is 0.167. The van der Waals surface area contributed by atoms with Gasteiger partial charge >= 0.3 is 0 Å². The van der Waals surface area contributed by atoms with Crippen LogP contribution in [-0.2, 0) is 4.74 Å². The molecule has 4 aromatic rings. The molecule has 0 spiro atoms. The lowest BCUT2D eigenvalue weighted by Gasteiger charge is -2.27. The van der Waals surface area contributed by atoms with Gasteiger partial charge in [0.2, 0.25) is 0 Å². The molecular weight excluding hydrogens is 398 g/mol. The van der Waals surface area contributed by atoms with Crippen molar-refractivity contribution in [1.82, 2.24) is 14.3 Å². The van der Waals surface area contributed by atoms with Crippen molar-refractivity contribution in [2.75, 3.05) is 26.3 Å². The summed E-state index contributed by atoms with van der Waals surface area (Å²) in [7, 11) is 0. The van der Waals surface area contributed by atoms with Crippen LogP contribution >= 0.6 is 11.6 Å². The monoisotopic (exact) mass is 417 g/mol. The summed E-state index contributed by atoms with van der Waals surface area (Å²) >= 11 is 6.08. The van der Waals surface area contributed by atoms with E-state index in [-0.39, 0.29) is 5.91 Å². The number of carbonyl (C=O) groups excluding carboxylic acids is 1. The van der Waals surface area contributed by atoms with E-state index in [1.54, 1.807) is 0 Å². The van der Waals surface area contributed by atoms with Crippen molar-refractivity contribution in [3.8, 4) is 22.4 Å². The van der Waals surface area contributed by atoms with E-state index < -0.39 is 0 Å². The van der Waals surface area contributed by atoms with Crippen molar-refractivity contribution >= 4 is 23.2 Å². The van der Waals surface area contributed by atoms with Gasteiger partial charge in [0, 0.05) is 29.9 Å². The molecule has 1 amide bonds. The van der Waals surface area contributed by atoms with Gasteiger partial charge < -0.3 is 9.64 Å². The number of hydrogen-bond acceptors (Lipinski definition) is 3. The average Bonchev–Trinajstić information content (AvgIpc) is 3.19. The van der Waals surface area contributed by atoms with E-state index in [2.05, 4.69) is 12.1 Å². The number of benzene rings is 2. The standard InChI is InChI=1S/C24H20ClN3O2/c25-20-9-6-18(7-10-20)22-23(24(29)27-12-14-30-15-13-27)28-16-19(8-11-21(28)26-22)17-4-2-1-3-5-17/h1-11,16H,12-15H2. The van der Waals surface area contributed by atoms with E-state index in [0.29, 0.717) is 42.7 Å². The Morgan fingerprint density at radius 3 is 2.30 bits per heavy atom. The lowest BCUT2D eigenvalue weighted by Crippen LogP contribution is -2.41. The second-order valence-corrected chi connectivity index (χ2v) is 7.67. The maximum absolute atomic E-state index is 13.6. The zero-order valence-corrected chi connectivity index (χ0v) is 17.0. The van der Waals surface area contributed by atoms with E-state index >= 15 is 0 Å². The molecule has 0 saturated carbocycles. The molecule has 0 unspecified atom stereocenters. The van der Waals surface area contributed by atoms with Crippen LogP contribution in [0.4, 0.5) is 0 Å². The van der Waals surface area contributed by atoms with Crippen LogP contribution in [0.3, 0.4) is 0 Å². The van der Waals surface area contributed by atoms with Gasteiger partial charge in [-0.25, -0.2) is 4.98 Å². The van der Waals surface area contributed by atoms with Gasteiger partial charge in [0.1, 0.15) is 17.0 Å². The number of carbonyl (C=O) groups is 1. The van der Waals surface area contributed by atoms with Crippen molar-refractivity contribution in [3.63, 3.8) is 0 Å². The van der Waals surface area contributed by atoms with Gasteiger partial charge in [0.15, 0.2) is 0 Å². The van der Waals surface area contributed by atoms with Crippen LogP contribution in [0.15, 0.2) is 72.9 Å². The van der Waals surface area contributed by atoms with Gasteiger partial charge in [0.05, 0.1) is 13.2 Å². The Balaban J connectivity index is 1.70. The molecule has 5 nitrogen and oxygen atoms in total. The highest BCUT2D eigenvalue weighted by atomic mass is 35.5. The lowest BCUT2D eigenvalue weighted by molar-refractivity contribution is 0.0299. The molecule has 0 bridgehead atoms. The minimum absolute atomic E-state index is 0.0408. The zero-order valence-electron chi connectivity index (χ0n) is 16.3.